The lowest BCUT2D eigenvalue weighted by Crippen LogP contribution is -2.26. The van der Waals surface area contributed by atoms with Crippen LogP contribution in [0.5, 0.6) is 0 Å². The molecule has 0 fully saturated rings. The molecule has 0 saturated heterocycles. The number of hydrogen-bond donors (Lipinski definition) is 1. The first kappa shape index (κ1) is 13.6. The van der Waals surface area contributed by atoms with Crippen molar-refractivity contribution in [2.75, 3.05) is 25.0 Å². The molecule has 0 amide bonds. The minimum Gasteiger partial charge on any atom is -0.373 e. The van der Waals surface area contributed by atoms with Crippen LogP contribution in [0, 0.1) is 0 Å². The maximum Gasteiger partial charge on any atom is 0.0505 e. The van der Waals surface area contributed by atoms with Crippen molar-refractivity contribution in [3.8, 4) is 0 Å². The Hall–Kier alpha value is -1.51. The SMILES string of the molecule is C/C=N\NCCN(C)c1ccc(C(C)C)cc1. The number of nitrogens with one attached hydrogen (secondary N) is 1. The summed E-state index contributed by atoms with van der Waals surface area (Å²) >= 11 is 0. The van der Waals surface area contributed by atoms with Crippen molar-refractivity contribution in [3.05, 3.63) is 29.8 Å². The second-order valence-corrected chi connectivity index (χ2v) is 4.46. The van der Waals surface area contributed by atoms with Gasteiger partial charge >= 0.3 is 0 Å². The lowest BCUT2D eigenvalue weighted by molar-refractivity contribution is 0.720. The van der Waals surface area contributed by atoms with E-state index in [0.717, 1.165) is 13.1 Å². The van der Waals surface area contributed by atoms with Crippen LogP contribution in [0.25, 0.3) is 0 Å². The first-order valence-corrected chi connectivity index (χ1v) is 6.16. The summed E-state index contributed by atoms with van der Waals surface area (Å²) in [7, 11) is 2.10. The molecule has 0 radical (unpaired) electrons. The average Bonchev–Trinajstić information content (AvgIpc) is 2.34. The molecule has 0 bridgehead atoms. The number of anilines is 1. The fraction of sp³-hybridized carbons (Fsp3) is 0.500. The maximum absolute atomic E-state index is 3.97. The van der Waals surface area contributed by atoms with E-state index in [1.54, 1.807) is 6.21 Å². The molecule has 0 aliphatic carbocycles. The summed E-state index contributed by atoms with van der Waals surface area (Å²) in [4.78, 5) is 2.22. The van der Waals surface area contributed by atoms with Crippen LogP contribution in [0.2, 0.25) is 0 Å². The first-order chi connectivity index (χ1) is 8.15. The van der Waals surface area contributed by atoms with Gasteiger partial charge in [0.2, 0.25) is 0 Å². The molecular weight excluding hydrogens is 210 g/mol. The van der Waals surface area contributed by atoms with E-state index >= 15 is 0 Å². The predicted molar refractivity (Wildman–Crippen MR) is 76.0 cm³/mol. The standard InChI is InChI=1S/C14H23N3/c1-5-15-16-10-11-17(4)14-8-6-13(7-9-14)12(2)3/h5-9,12,16H,10-11H2,1-4H3/b15-5-. The lowest BCUT2D eigenvalue weighted by Gasteiger charge is -2.19. The highest BCUT2D eigenvalue weighted by Crippen LogP contribution is 2.18. The Bertz CT molecular complexity index is 341. The lowest BCUT2D eigenvalue weighted by atomic mass is 10.0. The fourth-order valence-corrected chi connectivity index (χ4v) is 1.62. The molecule has 1 aromatic rings. The zero-order chi connectivity index (χ0) is 12.7. The highest BCUT2D eigenvalue weighted by molar-refractivity contribution is 5.52. The molecular formula is C14H23N3. The normalized spacial score (nSPS) is 11.1. The molecule has 94 valence electrons. The van der Waals surface area contributed by atoms with Crippen LogP contribution in [-0.2, 0) is 0 Å². The summed E-state index contributed by atoms with van der Waals surface area (Å²) in [5.41, 5.74) is 5.63. The predicted octanol–water partition coefficient (Wildman–Crippen LogP) is 2.84. The van der Waals surface area contributed by atoms with Crippen LogP contribution in [0.3, 0.4) is 0 Å². The Balaban J connectivity index is 2.48. The van der Waals surface area contributed by atoms with Crippen molar-refractivity contribution >= 4 is 11.9 Å². The molecule has 0 heterocycles. The van der Waals surface area contributed by atoms with Crippen LogP contribution in [-0.4, -0.2) is 26.4 Å². The monoisotopic (exact) mass is 233 g/mol. The fourth-order valence-electron chi connectivity index (χ4n) is 1.62. The Labute approximate surface area is 105 Å². The van der Waals surface area contributed by atoms with Gasteiger partial charge in [-0.25, -0.2) is 0 Å². The van der Waals surface area contributed by atoms with Crippen molar-refractivity contribution in [2.45, 2.75) is 26.7 Å². The number of rotatable bonds is 6. The molecule has 1 aromatic carbocycles. The van der Waals surface area contributed by atoms with E-state index in [2.05, 4.69) is 60.6 Å². The zero-order valence-electron chi connectivity index (χ0n) is 11.3. The van der Waals surface area contributed by atoms with Gasteiger partial charge in [0.05, 0.1) is 6.54 Å². The van der Waals surface area contributed by atoms with E-state index in [9.17, 15) is 0 Å². The summed E-state index contributed by atoms with van der Waals surface area (Å²) in [6.07, 6.45) is 1.76. The molecule has 3 heteroatoms. The van der Waals surface area contributed by atoms with Gasteiger partial charge in [0, 0.05) is 25.5 Å². The number of hydrazone groups is 1. The first-order valence-electron chi connectivity index (χ1n) is 6.16. The van der Waals surface area contributed by atoms with Gasteiger partial charge in [-0.15, -0.1) is 0 Å². The molecule has 0 aliphatic rings. The largest absolute Gasteiger partial charge is 0.373 e. The molecule has 0 atom stereocenters. The Kier molecular flexibility index (Phi) is 5.53. The smallest absolute Gasteiger partial charge is 0.0505 e. The molecule has 1 rings (SSSR count). The van der Waals surface area contributed by atoms with Crippen molar-refractivity contribution in [1.29, 1.82) is 0 Å². The van der Waals surface area contributed by atoms with E-state index in [1.807, 2.05) is 6.92 Å². The third-order valence-corrected chi connectivity index (χ3v) is 2.78. The maximum atomic E-state index is 3.97. The van der Waals surface area contributed by atoms with Gasteiger partial charge in [-0.05, 0) is 30.5 Å². The van der Waals surface area contributed by atoms with Crippen molar-refractivity contribution < 1.29 is 0 Å². The highest BCUT2D eigenvalue weighted by Gasteiger charge is 2.02. The van der Waals surface area contributed by atoms with Gasteiger partial charge in [-0.2, -0.15) is 5.10 Å². The number of hydrogen-bond acceptors (Lipinski definition) is 3. The summed E-state index contributed by atoms with van der Waals surface area (Å²) in [6.45, 7) is 8.13. The summed E-state index contributed by atoms with van der Waals surface area (Å²) < 4.78 is 0. The second kappa shape index (κ2) is 6.94. The van der Waals surface area contributed by atoms with E-state index in [4.69, 9.17) is 0 Å². The summed E-state index contributed by atoms with van der Waals surface area (Å²) in [5, 5.41) is 3.97. The quantitative estimate of drug-likeness (QED) is 0.465. The topological polar surface area (TPSA) is 27.6 Å². The minimum absolute atomic E-state index is 0.593. The van der Waals surface area contributed by atoms with Gasteiger partial charge in [-0.1, -0.05) is 26.0 Å². The molecule has 0 unspecified atom stereocenters. The average molecular weight is 233 g/mol. The molecule has 0 aromatic heterocycles. The second-order valence-electron chi connectivity index (χ2n) is 4.46. The number of nitrogens with zero attached hydrogens (tertiary/aromatic N) is 2. The molecule has 0 aliphatic heterocycles. The van der Waals surface area contributed by atoms with Gasteiger partial charge < -0.3 is 10.3 Å². The van der Waals surface area contributed by atoms with E-state index in [0.29, 0.717) is 5.92 Å². The van der Waals surface area contributed by atoms with Crippen LogP contribution in [0.15, 0.2) is 29.4 Å². The van der Waals surface area contributed by atoms with E-state index in [-0.39, 0.29) is 0 Å². The van der Waals surface area contributed by atoms with Gasteiger partial charge in [-0.3, -0.25) is 0 Å². The highest BCUT2D eigenvalue weighted by atomic mass is 15.3. The number of likely N-dealkylation sites (N-methyl/N-ethyl adjacent to an activating group) is 1. The number of benzene rings is 1. The van der Waals surface area contributed by atoms with E-state index in [1.165, 1.54) is 11.3 Å². The van der Waals surface area contributed by atoms with Crippen LogP contribution < -0.4 is 10.3 Å². The van der Waals surface area contributed by atoms with Crippen molar-refractivity contribution in [1.82, 2.24) is 5.43 Å². The Morgan fingerprint density at radius 2 is 1.94 bits per heavy atom. The van der Waals surface area contributed by atoms with Crippen LogP contribution in [0.1, 0.15) is 32.3 Å². The molecule has 3 nitrogen and oxygen atoms in total. The molecule has 1 N–H and O–H groups in total. The van der Waals surface area contributed by atoms with E-state index < -0.39 is 0 Å². The minimum atomic E-state index is 0.593. The van der Waals surface area contributed by atoms with Gasteiger partial charge in [0.15, 0.2) is 0 Å². The molecule has 0 saturated carbocycles. The molecule has 0 spiro atoms. The third kappa shape index (κ3) is 4.47. The van der Waals surface area contributed by atoms with Crippen molar-refractivity contribution in [3.63, 3.8) is 0 Å². The van der Waals surface area contributed by atoms with Crippen molar-refractivity contribution in [2.24, 2.45) is 5.10 Å². The molecule has 17 heavy (non-hydrogen) atoms. The Morgan fingerprint density at radius 1 is 1.29 bits per heavy atom. The summed E-state index contributed by atoms with van der Waals surface area (Å²) in [6, 6.07) is 8.76. The van der Waals surface area contributed by atoms with Crippen LogP contribution in [0.4, 0.5) is 5.69 Å². The van der Waals surface area contributed by atoms with Gasteiger partial charge in [0.1, 0.15) is 0 Å². The third-order valence-electron chi connectivity index (χ3n) is 2.78. The zero-order valence-corrected chi connectivity index (χ0v) is 11.3. The van der Waals surface area contributed by atoms with Gasteiger partial charge in [0.25, 0.3) is 0 Å². The van der Waals surface area contributed by atoms with Crippen LogP contribution >= 0.6 is 0 Å². The summed E-state index contributed by atoms with van der Waals surface area (Å²) in [5.74, 6) is 0.593. The Morgan fingerprint density at radius 3 is 2.47 bits per heavy atom.